The Hall–Kier alpha value is -3.15. The van der Waals surface area contributed by atoms with E-state index in [0.29, 0.717) is 16.9 Å². The first-order valence-electron chi connectivity index (χ1n) is 7.69. The zero-order valence-corrected chi connectivity index (χ0v) is 13.3. The van der Waals surface area contributed by atoms with Crippen molar-refractivity contribution in [3.05, 3.63) is 59.7 Å². The second-order valence-corrected chi connectivity index (χ2v) is 5.45. The van der Waals surface area contributed by atoms with Gasteiger partial charge in [-0.3, -0.25) is 9.79 Å². The van der Waals surface area contributed by atoms with E-state index >= 15 is 0 Å². The molecule has 3 rings (SSSR count). The molecule has 24 heavy (non-hydrogen) atoms. The van der Waals surface area contributed by atoms with Crippen LogP contribution in [0.2, 0.25) is 0 Å². The van der Waals surface area contributed by atoms with Gasteiger partial charge in [-0.25, -0.2) is 4.79 Å². The smallest absolute Gasteiger partial charge is 0.323 e. The SMILES string of the molecule is CC(=O)c1ccc(NC(=O)Nc2cccc(C3=NCCN3)c2)cc1. The van der Waals surface area contributed by atoms with Gasteiger partial charge in [0.2, 0.25) is 0 Å². The van der Waals surface area contributed by atoms with Gasteiger partial charge >= 0.3 is 6.03 Å². The maximum atomic E-state index is 12.1. The third-order valence-electron chi connectivity index (χ3n) is 3.62. The van der Waals surface area contributed by atoms with Crippen molar-refractivity contribution in [2.45, 2.75) is 6.92 Å². The van der Waals surface area contributed by atoms with Gasteiger partial charge in [-0.1, -0.05) is 12.1 Å². The van der Waals surface area contributed by atoms with Crippen molar-refractivity contribution in [2.24, 2.45) is 4.99 Å². The topological polar surface area (TPSA) is 82.6 Å². The van der Waals surface area contributed by atoms with E-state index in [2.05, 4.69) is 20.9 Å². The van der Waals surface area contributed by atoms with E-state index in [-0.39, 0.29) is 11.8 Å². The molecule has 0 aromatic heterocycles. The standard InChI is InChI=1S/C18H18N4O2/c1-12(23)13-5-7-15(8-6-13)21-18(24)22-16-4-2-3-14(11-16)17-19-9-10-20-17/h2-8,11H,9-10H2,1H3,(H,19,20)(H2,21,22,24). The molecule has 1 aliphatic heterocycles. The fourth-order valence-corrected chi connectivity index (χ4v) is 2.42. The van der Waals surface area contributed by atoms with E-state index in [1.165, 1.54) is 6.92 Å². The fraction of sp³-hybridized carbons (Fsp3) is 0.167. The molecule has 0 saturated carbocycles. The van der Waals surface area contributed by atoms with E-state index in [1.54, 1.807) is 24.3 Å². The van der Waals surface area contributed by atoms with Gasteiger partial charge in [0.1, 0.15) is 5.84 Å². The van der Waals surface area contributed by atoms with Gasteiger partial charge in [-0.2, -0.15) is 0 Å². The molecule has 0 bridgehead atoms. The first kappa shape index (κ1) is 15.7. The van der Waals surface area contributed by atoms with Crippen LogP contribution in [0.3, 0.4) is 0 Å². The minimum Gasteiger partial charge on any atom is -0.368 e. The third-order valence-corrected chi connectivity index (χ3v) is 3.62. The van der Waals surface area contributed by atoms with Crippen molar-refractivity contribution in [2.75, 3.05) is 23.7 Å². The second kappa shape index (κ2) is 6.95. The highest BCUT2D eigenvalue weighted by molar-refractivity contribution is 6.03. The molecular weight excluding hydrogens is 304 g/mol. The Morgan fingerprint density at radius 2 is 1.79 bits per heavy atom. The Bertz CT molecular complexity index is 797. The van der Waals surface area contributed by atoms with E-state index in [4.69, 9.17) is 0 Å². The molecule has 2 aromatic rings. The van der Waals surface area contributed by atoms with Crippen molar-refractivity contribution >= 4 is 29.0 Å². The second-order valence-electron chi connectivity index (χ2n) is 5.45. The zero-order valence-electron chi connectivity index (χ0n) is 13.3. The van der Waals surface area contributed by atoms with Crippen LogP contribution in [0.25, 0.3) is 0 Å². The Balaban J connectivity index is 1.64. The minimum absolute atomic E-state index is 0.00810. The number of hydrogen-bond donors (Lipinski definition) is 3. The molecular formula is C18H18N4O2. The van der Waals surface area contributed by atoms with Crippen molar-refractivity contribution in [3.8, 4) is 0 Å². The number of amides is 2. The minimum atomic E-state index is -0.343. The monoisotopic (exact) mass is 322 g/mol. The van der Waals surface area contributed by atoms with Gasteiger partial charge in [0.25, 0.3) is 0 Å². The summed E-state index contributed by atoms with van der Waals surface area (Å²) in [6.45, 7) is 3.11. The summed E-state index contributed by atoms with van der Waals surface area (Å²) < 4.78 is 0. The molecule has 1 heterocycles. The predicted molar refractivity (Wildman–Crippen MR) is 94.9 cm³/mol. The lowest BCUT2D eigenvalue weighted by molar-refractivity contribution is 0.101. The van der Waals surface area contributed by atoms with Gasteiger partial charge in [-0.05, 0) is 43.3 Å². The van der Waals surface area contributed by atoms with Crippen LogP contribution in [-0.4, -0.2) is 30.7 Å². The fourth-order valence-electron chi connectivity index (χ4n) is 2.42. The summed E-state index contributed by atoms with van der Waals surface area (Å²) in [5.74, 6) is 0.838. The van der Waals surface area contributed by atoms with Crippen LogP contribution in [0.4, 0.5) is 16.2 Å². The highest BCUT2D eigenvalue weighted by Gasteiger charge is 2.09. The van der Waals surface area contributed by atoms with E-state index in [1.807, 2.05) is 24.3 Å². The number of carbonyl (C=O) groups is 2. The van der Waals surface area contributed by atoms with Gasteiger partial charge in [0.15, 0.2) is 5.78 Å². The first-order valence-corrected chi connectivity index (χ1v) is 7.69. The molecule has 0 fully saturated rings. The number of benzene rings is 2. The van der Waals surface area contributed by atoms with Crippen LogP contribution in [0.15, 0.2) is 53.5 Å². The van der Waals surface area contributed by atoms with E-state index in [9.17, 15) is 9.59 Å². The maximum absolute atomic E-state index is 12.1. The van der Waals surface area contributed by atoms with Gasteiger partial charge < -0.3 is 16.0 Å². The van der Waals surface area contributed by atoms with Crippen molar-refractivity contribution in [1.82, 2.24) is 5.32 Å². The predicted octanol–water partition coefficient (Wildman–Crippen LogP) is 2.88. The Labute approximate surface area is 140 Å². The molecule has 3 N–H and O–H groups in total. The largest absolute Gasteiger partial charge is 0.368 e. The highest BCUT2D eigenvalue weighted by Crippen LogP contribution is 2.14. The molecule has 0 aliphatic carbocycles. The lowest BCUT2D eigenvalue weighted by atomic mass is 10.1. The maximum Gasteiger partial charge on any atom is 0.323 e. The Morgan fingerprint density at radius 3 is 2.46 bits per heavy atom. The first-order chi connectivity index (χ1) is 11.6. The summed E-state index contributed by atoms with van der Waals surface area (Å²) in [6, 6.07) is 13.9. The van der Waals surface area contributed by atoms with Crippen LogP contribution in [0, 0.1) is 0 Å². The quantitative estimate of drug-likeness (QED) is 0.757. The van der Waals surface area contributed by atoms with Crippen LogP contribution < -0.4 is 16.0 Å². The third kappa shape index (κ3) is 3.78. The van der Waals surface area contributed by atoms with E-state index in [0.717, 1.165) is 24.5 Å². The lowest BCUT2D eigenvalue weighted by Crippen LogP contribution is -2.21. The number of Topliss-reactive ketones (excluding diaryl/α,β-unsaturated/α-hetero) is 1. The number of anilines is 2. The summed E-state index contributed by atoms with van der Waals surface area (Å²) in [6.07, 6.45) is 0. The molecule has 1 aliphatic rings. The molecule has 0 saturated heterocycles. The van der Waals surface area contributed by atoms with Crippen LogP contribution in [0.1, 0.15) is 22.8 Å². The van der Waals surface area contributed by atoms with Crippen molar-refractivity contribution in [3.63, 3.8) is 0 Å². The molecule has 2 aromatic carbocycles. The Kier molecular flexibility index (Phi) is 4.56. The van der Waals surface area contributed by atoms with Gasteiger partial charge in [0, 0.05) is 29.0 Å². The Morgan fingerprint density at radius 1 is 1.04 bits per heavy atom. The number of carbonyl (C=O) groups excluding carboxylic acids is 2. The van der Waals surface area contributed by atoms with Crippen LogP contribution in [0.5, 0.6) is 0 Å². The van der Waals surface area contributed by atoms with Crippen LogP contribution >= 0.6 is 0 Å². The number of amidine groups is 1. The molecule has 2 amide bonds. The number of aliphatic imine (C=N–C) groups is 1. The zero-order chi connectivity index (χ0) is 16.9. The molecule has 122 valence electrons. The number of hydrogen-bond acceptors (Lipinski definition) is 4. The van der Waals surface area contributed by atoms with Crippen molar-refractivity contribution < 1.29 is 9.59 Å². The van der Waals surface area contributed by atoms with Gasteiger partial charge in [0.05, 0.1) is 6.54 Å². The summed E-state index contributed by atoms with van der Waals surface area (Å²) in [7, 11) is 0. The number of nitrogens with one attached hydrogen (secondary N) is 3. The number of ketones is 1. The molecule has 0 spiro atoms. The molecule has 6 heteroatoms. The van der Waals surface area contributed by atoms with E-state index < -0.39 is 0 Å². The summed E-state index contributed by atoms with van der Waals surface area (Å²) >= 11 is 0. The molecule has 0 unspecified atom stereocenters. The average Bonchev–Trinajstić information content (AvgIpc) is 3.10. The highest BCUT2D eigenvalue weighted by atomic mass is 16.2. The normalized spacial score (nSPS) is 13.0. The molecule has 0 atom stereocenters. The molecule has 0 radical (unpaired) electrons. The molecule has 6 nitrogen and oxygen atoms in total. The van der Waals surface area contributed by atoms with Crippen LogP contribution in [-0.2, 0) is 0 Å². The van der Waals surface area contributed by atoms with Crippen molar-refractivity contribution in [1.29, 1.82) is 0 Å². The number of rotatable bonds is 4. The summed E-state index contributed by atoms with van der Waals surface area (Å²) in [5, 5.41) is 8.73. The summed E-state index contributed by atoms with van der Waals surface area (Å²) in [5.41, 5.74) is 2.85. The van der Waals surface area contributed by atoms with Gasteiger partial charge in [-0.15, -0.1) is 0 Å². The lowest BCUT2D eigenvalue weighted by Gasteiger charge is -2.09. The summed E-state index contributed by atoms with van der Waals surface area (Å²) in [4.78, 5) is 27.7. The number of nitrogens with zero attached hydrogens (tertiary/aromatic N) is 1. The average molecular weight is 322 g/mol. The number of urea groups is 1.